The average Bonchev–Trinajstić information content (AvgIpc) is 2.21. The molecule has 0 unspecified atom stereocenters. The van der Waals surface area contributed by atoms with Crippen LogP contribution in [-0.2, 0) is 9.53 Å². The molecule has 4 heteroatoms. The molecule has 0 N–H and O–H groups in total. The summed E-state index contributed by atoms with van der Waals surface area (Å²) in [5.41, 5.74) is 0. The summed E-state index contributed by atoms with van der Waals surface area (Å²) in [5.74, 6) is 0.147. The number of methoxy groups -OCH3 is 1. The van der Waals surface area contributed by atoms with Crippen molar-refractivity contribution in [3.63, 3.8) is 0 Å². The van der Waals surface area contributed by atoms with E-state index in [1.807, 2.05) is 0 Å². The number of benzene rings is 1. The van der Waals surface area contributed by atoms with E-state index < -0.39 is 5.97 Å². The van der Waals surface area contributed by atoms with E-state index in [-0.39, 0.29) is 0 Å². The molecule has 1 aromatic rings. The summed E-state index contributed by atoms with van der Waals surface area (Å²) in [6.45, 7) is 0. The Morgan fingerprint density at radius 2 is 2.00 bits per heavy atom. The molecule has 1 rings (SSSR count). The Morgan fingerprint density at radius 3 is 2.57 bits per heavy atom. The summed E-state index contributed by atoms with van der Waals surface area (Å²) in [6, 6.07) is 6.79. The molecule has 74 valence electrons. The van der Waals surface area contributed by atoms with Crippen LogP contribution >= 0.6 is 11.6 Å². The van der Waals surface area contributed by atoms with Gasteiger partial charge in [-0.15, -0.1) is 0 Å². The van der Waals surface area contributed by atoms with Gasteiger partial charge in [0.1, 0.15) is 5.75 Å². The Morgan fingerprint density at radius 1 is 1.36 bits per heavy atom. The molecule has 0 heterocycles. The molecule has 0 saturated heterocycles. The van der Waals surface area contributed by atoms with Gasteiger partial charge < -0.3 is 9.47 Å². The Balaban J connectivity index is 2.49. The SMILES string of the molecule is COC(=O)/C=C\Oc1ccc(Cl)cc1. The maximum Gasteiger partial charge on any atom is 0.333 e. The monoisotopic (exact) mass is 212 g/mol. The molecule has 0 radical (unpaired) electrons. The standard InChI is InChI=1S/C10H9ClO3/c1-13-10(12)6-7-14-9-4-2-8(11)3-5-9/h2-7H,1H3/b7-6-. The molecule has 0 bridgehead atoms. The van der Waals surface area contributed by atoms with Crippen molar-refractivity contribution >= 4 is 17.6 Å². The van der Waals surface area contributed by atoms with Crippen LogP contribution in [0.1, 0.15) is 0 Å². The van der Waals surface area contributed by atoms with Crippen LogP contribution in [-0.4, -0.2) is 13.1 Å². The van der Waals surface area contributed by atoms with E-state index >= 15 is 0 Å². The summed E-state index contributed by atoms with van der Waals surface area (Å²) in [7, 11) is 1.30. The minimum Gasteiger partial charge on any atom is -0.466 e. The number of ether oxygens (including phenoxy) is 2. The lowest BCUT2D eigenvalue weighted by molar-refractivity contribution is -0.134. The normalized spacial score (nSPS) is 10.1. The lowest BCUT2D eigenvalue weighted by Gasteiger charge is -1.98. The van der Waals surface area contributed by atoms with Crippen LogP contribution in [0, 0.1) is 0 Å². The highest BCUT2D eigenvalue weighted by Crippen LogP contribution is 2.15. The highest BCUT2D eigenvalue weighted by molar-refractivity contribution is 6.30. The first-order valence-electron chi connectivity index (χ1n) is 3.89. The van der Waals surface area contributed by atoms with Crippen LogP contribution in [0.4, 0.5) is 0 Å². The fourth-order valence-electron chi connectivity index (χ4n) is 0.749. The highest BCUT2D eigenvalue weighted by Gasteiger charge is 1.92. The van der Waals surface area contributed by atoms with Crippen molar-refractivity contribution in [1.82, 2.24) is 0 Å². The van der Waals surface area contributed by atoms with Gasteiger partial charge in [0.15, 0.2) is 0 Å². The summed E-state index contributed by atoms with van der Waals surface area (Å²) < 4.78 is 9.47. The van der Waals surface area contributed by atoms with E-state index in [2.05, 4.69) is 4.74 Å². The molecular weight excluding hydrogens is 204 g/mol. The maximum absolute atomic E-state index is 10.6. The number of hydrogen-bond acceptors (Lipinski definition) is 3. The first-order valence-corrected chi connectivity index (χ1v) is 4.27. The topological polar surface area (TPSA) is 35.5 Å². The molecular formula is C10H9ClO3. The summed E-state index contributed by atoms with van der Waals surface area (Å²) >= 11 is 5.67. The van der Waals surface area contributed by atoms with E-state index in [4.69, 9.17) is 16.3 Å². The van der Waals surface area contributed by atoms with Gasteiger partial charge in [-0.25, -0.2) is 4.79 Å². The van der Waals surface area contributed by atoms with Gasteiger partial charge in [0.05, 0.1) is 19.4 Å². The third kappa shape index (κ3) is 3.49. The van der Waals surface area contributed by atoms with E-state index in [9.17, 15) is 4.79 Å². The van der Waals surface area contributed by atoms with Gasteiger partial charge >= 0.3 is 5.97 Å². The number of rotatable bonds is 3. The second kappa shape index (κ2) is 5.29. The third-order valence-electron chi connectivity index (χ3n) is 1.42. The number of carbonyl (C=O) groups excluding carboxylic acids is 1. The molecule has 3 nitrogen and oxygen atoms in total. The first-order chi connectivity index (χ1) is 6.72. The van der Waals surface area contributed by atoms with Crippen molar-refractivity contribution in [2.75, 3.05) is 7.11 Å². The molecule has 1 aromatic carbocycles. The minimum atomic E-state index is -0.459. The van der Waals surface area contributed by atoms with Crippen molar-refractivity contribution in [3.8, 4) is 5.75 Å². The van der Waals surface area contributed by atoms with Gasteiger partial charge in [-0.2, -0.15) is 0 Å². The van der Waals surface area contributed by atoms with Crippen molar-refractivity contribution in [3.05, 3.63) is 41.6 Å². The summed E-state index contributed by atoms with van der Waals surface area (Å²) in [5, 5.41) is 0.634. The zero-order valence-corrected chi connectivity index (χ0v) is 8.32. The molecule has 0 amide bonds. The van der Waals surface area contributed by atoms with Crippen LogP contribution in [0.25, 0.3) is 0 Å². The molecule has 14 heavy (non-hydrogen) atoms. The lowest BCUT2D eigenvalue weighted by Crippen LogP contribution is -1.94. The summed E-state index contributed by atoms with van der Waals surface area (Å²) in [4.78, 5) is 10.6. The van der Waals surface area contributed by atoms with E-state index in [1.165, 1.54) is 19.4 Å². The van der Waals surface area contributed by atoms with Crippen LogP contribution in [0.5, 0.6) is 5.75 Å². The second-order valence-corrected chi connectivity index (χ2v) is 2.83. The maximum atomic E-state index is 10.6. The predicted molar refractivity (Wildman–Crippen MR) is 53.2 cm³/mol. The van der Waals surface area contributed by atoms with Gasteiger partial charge in [-0.05, 0) is 24.3 Å². The van der Waals surface area contributed by atoms with Crippen molar-refractivity contribution in [1.29, 1.82) is 0 Å². The number of hydrogen-bond donors (Lipinski definition) is 0. The summed E-state index contributed by atoms with van der Waals surface area (Å²) in [6.07, 6.45) is 2.45. The van der Waals surface area contributed by atoms with Crippen LogP contribution < -0.4 is 4.74 Å². The molecule has 0 atom stereocenters. The van der Waals surface area contributed by atoms with E-state index in [0.29, 0.717) is 10.8 Å². The molecule has 0 saturated carbocycles. The van der Waals surface area contributed by atoms with Crippen LogP contribution in [0.15, 0.2) is 36.6 Å². The number of esters is 1. The smallest absolute Gasteiger partial charge is 0.333 e. The largest absolute Gasteiger partial charge is 0.466 e. The fourth-order valence-corrected chi connectivity index (χ4v) is 0.875. The molecule has 0 aromatic heterocycles. The van der Waals surface area contributed by atoms with Crippen molar-refractivity contribution in [2.24, 2.45) is 0 Å². The number of halogens is 1. The Kier molecular flexibility index (Phi) is 4.01. The Labute approximate surface area is 86.9 Å². The van der Waals surface area contributed by atoms with E-state index in [0.717, 1.165) is 0 Å². The third-order valence-corrected chi connectivity index (χ3v) is 1.68. The zero-order valence-electron chi connectivity index (χ0n) is 7.57. The molecule has 0 spiro atoms. The van der Waals surface area contributed by atoms with Gasteiger partial charge in [0.2, 0.25) is 0 Å². The molecule has 0 aliphatic carbocycles. The van der Waals surface area contributed by atoms with Gasteiger partial charge in [-0.1, -0.05) is 11.6 Å². The van der Waals surface area contributed by atoms with Crippen molar-refractivity contribution < 1.29 is 14.3 Å². The van der Waals surface area contributed by atoms with E-state index in [1.54, 1.807) is 24.3 Å². The highest BCUT2D eigenvalue weighted by atomic mass is 35.5. The van der Waals surface area contributed by atoms with Crippen LogP contribution in [0.2, 0.25) is 5.02 Å². The Bertz CT molecular complexity index is 330. The fraction of sp³-hybridized carbons (Fsp3) is 0.100. The van der Waals surface area contributed by atoms with Crippen LogP contribution in [0.3, 0.4) is 0 Å². The van der Waals surface area contributed by atoms with Gasteiger partial charge in [0, 0.05) is 5.02 Å². The zero-order chi connectivity index (χ0) is 10.4. The van der Waals surface area contributed by atoms with Crippen molar-refractivity contribution in [2.45, 2.75) is 0 Å². The lowest BCUT2D eigenvalue weighted by atomic mass is 10.3. The molecule has 0 aliphatic rings. The Hall–Kier alpha value is -1.48. The molecule has 0 aliphatic heterocycles. The molecule has 0 fully saturated rings. The first kappa shape index (κ1) is 10.6. The minimum absolute atomic E-state index is 0.459. The second-order valence-electron chi connectivity index (χ2n) is 2.40. The van der Waals surface area contributed by atoms with Gasteiger partial charge in [0.25, 0.3) is 0 Å². The average molecular weight is 213 g/mol. The number of carbonyl (C=O) groups is 1. The predicted octanol–water partition coefficient (Wildman–Crippen LogP) is 2.41. The quantitative estimate of drug-likeness (QED) is 0.439. The van der Waals surface area contributed by atoms with Gasteiger partial charge in [-0.3, -0.25) is 0 Å².